The van der Waals surface area contributed by atoms with Gasteiger partial charge in [-0.25, -0.2) is 13.6 Å². The summed E-state index contributed by atoms with van der Waals surface area (Å²) in [6.07, 6.45) is 10.3. The van der Waals surface area contributed by atoms with Gasteiger partial charge in [0.25, 0.3) is 0 Å². The Balaban J connectivity index is 4.63. The molecule has 0 bridgehead atoms. The molecule has 0 heterocycles. The molecule has 0 unspecified atom stereocenters. The van der Waals surface area contributed by atoms with Crippen LogP contribution in [-0.2, 0) is 19.1 Å². The average Bonchev–Trinajstić information content (AvgIpc) is 2.74. The van der Waals surface area contributed by atoms with E-state index in [9.17, 15) is 28.6 Å². The van der Waals surface area contributed by atoms with Crippen LogP contribution in [0.1, 0.15) is 111 Å². The predicted molar refractivity (Wildman–Crippen MR) is 134 cm³/mol. The molecule has 0 spiro atoms. The number of rotatable bonds is 20. The Bertz CT molecular complexity index is 630. The van der Waals surface area contributed by atoms with Gasteiger partial charge in [0, 0.05) is 33.0 Å². The predicted octanol–water partition coefficient (Wildman–Crippen LogP) is 6.69. The lowest BCUT2D eigenvalue weighted by atomic mass is 9.83. The van der Waals surface area contributed by atoms with Crippen LogP contribution >= 0.6 is 0 Å². The van der Waals surface area contributed by atoms with Crippen molar-refractivity contribution >= 4 is 11.9 Å². The molecule has 0 amide bonds. The van der Waals surface area contributed by atoms with Crippen LogP contribution in [0.2, 0.25) is 0 Å². The van der Waals surface area contributed by atoms with Crippen molar-refractivity contribution in [3.05, 3.63) is 12.2 Å². The summed E-state index contributed by atoms with van der Waals surface area (Å²) in [6, 6.07) is 0. The zero-order valence-corrected chi connectivity index (χ0v) is 22.4. The van der Waals surface area contributed by atoms with E-state index in [-0.39, 0.29) is 25.9 Å². The Kier molecular flexibility index (Phi) is 16.3. The van der Waals surface area contributed by atoms with Crippen molar-refractivity contribution in [3.63, 3.8) is 0 Å². The highest BCUT2D eigenvalue weighted by Crippen LogP contribution is 2.30. The van der Waals surface area contributed by atoms with Crippen molar-refractivity contribution in [1.82, 2.24) is 0 Å². The van der Waals surface area contributed by atoms with E-state index in [0.29, 0.717) is 32.1 Å². The van der Waals surface area contributed by atoms with Crippen LogP contribution in [0.15, 0.2) is 12.2 Å². The average molecular weight is 507 g/mol. The fraction of sp³-hybridized carbons (Fsp3) is 0.852. The molecule has 6 nitrogen and oxygen atoms in total. The molecule has 0 aliphatic heterocycles. The number of hydrogen-bond donors (Lipinski definition) is 2. The number of carbonyl (C=O) groups excluding carboxylic acids is 1. The van der Waals surface area contributed by atoms with Gasteiger partial charge in [-0.05, 0) is 46.5 Å². The van der Waals surface area contributed by atoms with Gasteiger partial charge in [-0.15, -0.1) is 0 Å². The summed E-state index contributed by atoms with van der Waals surface area (Å²) in [6.45, 7) is 6.99. The Hall–Kier alpha value is -1.54. The van der Waals surface area contributed by atoms with Crippen LogP contribution < -0.4 is 0 Å². The van der Waals surface area contributed by atoms with E-state index in [4.69, 9.17) is 9.47 Å². The fourth-order valence-corrected chi connectivity index (χ4v) is 3.80. The fourth-order valence-electron chi connectivity index (χ4n) is 3.80. The molecule has 0 radical (unpaired) electrons. The summed E-state index contributed by atoms with van der Waals surface area (Å²) < 4.78 is 38.1. The Morgan fingerprint density at radius 1 is 0.914 bits per heavy atom. The maximum atomic E-state index is 14.0. The van der Waals surface area contributed by atoms with Gasteiger partial charge in [-0.3, -0.25) is 4.79 Å². The van der Waals surface area contributed by atoms with E-state index in [1.807, 2.05) is 0 Å². The maximum absolute atomic E-state index is 14.0. The topological polar surface area (TPSA) is 93.1 Å². The molecule has 206 valence electrons. The van der Waals surface area contributed by atoms with E-state index >= 15 is 0 Å². The number of unbranched alkanes of at least 4 members (excludes halogenated alkanes) is 8. The van der Waals surface area contributed by atoms with Gasteiger partial charge in [0.1, 0.15) is 11.5 Å². The molecule has 2 N–H and O–H groups in total. The first-order valence-corrected chi connectivity index (χ1v) is 13.0. The Labute approximate surface area is 210 Å². The Morgan fingerprint density at radius 3 is 1.94 bits per heavy atom. The third-order valence-corrected chi connectivity index (χ3v) is 5.86. The van der Waals surface area contributed by atoms with E-state index in [0.717, 1.165) is 32.1 Å². The summed E-state index contributed by atoms with van der Waals surface area (Å²) in [7, 11) is 1.39. The van der Waals surface area contributed by atoms with Gasteiger partial charge in [0.2, 0.25) is 5.92 Å². The van der Waals surface area contributed by atoms with Crippen LogP contribution in [0.4, 0.5) is 8.78 Å². The third-order valence-electron chi connectivity index (χ3n) is 5.86. The Morgan fingerprint density at radius 2 is 1.46 bits per heavy atom. The van der Waals surface area contributed by atoms with Crippen LogP contribution in [0.3, 0.4) is 0 Å². The highest BCUT2D eigenvalue weighted by atomic mass is 19.3. The van der Waals surface area contributed by atoms with Gasteiger partial charge in [-0.2, -0.15) is 0 Å². The molecule has 8 heteroatoms. The van der Waals surface area contributed by atoms with Crippen molar-refractivity contribution in [3.8, 4) is 0 Å². The minimum atomic E-state index is -2.60. The molecule has 0 rings (SSSR count). The molecule has 0 aliphatic rings. The normalized spacial score (nSPS) is 15.2. The van der Waals surface area contributed by atoms with Gasteiger partial charge in [0.15, 0.2) is 5.60 Å². The summed E-state index contributed by atoms with van der Waals surface area (Å²) in [4.78, 5) is 24.5. The summed E-state index contributed by atoms with van der Waals surface area (Å²) >= 11 is 0. The number of allylic oxidation sites excluding steroid dienone is 1. The summed E-state index contributed by atoms with van der Waals surface area (Å²) in [5.41, 5.74) is -3.16. The molecule has 0 aromatic rings. The minimum absolute atomic E-state index is 0.0171. The van der Waals surface area contributed by atoms with Crippen LogP contribution in [0, 0.1) is 5.92 Å². The highest BCUT2D eigenvalue weighted by Gasteiger charge is 2.49. The largest absolute Gasteiger partial charge is 0.481 e. The molecule has 35 heavy (non-hydrogen) atoms. The zero-order valence-electron chi connectivity index (χ0n) is 22.4. The van der Waals surface area contributed by atoms with Crippen molar-refractivity contribution in [1.29, 1.82) is 0 Å². The minimum Gasteiger partial charge on any atom is -0.481 e. The lowest BCUT2D eigenvalue weighted by Gasteiger charge is -2.33. The number of carbonyl (C=O) groups is 2. The van der Waals surface area contributed by atoms with Crippen molar-refractivity contribution < 1.29 is 38.1 Å². The molecule has 0 saturated heterocycles. The lowest BCUT2D eigenvalue weighted by molar-refractivity contribution is -0.188. The molecular formula is C27H48F2O6. The van der Waals surface area contributed by atoms with Crippen molar-refractivity contribution in [2.75, 3.05) is 13.7 Å². The van der Waals surface area contributed by atoms with Gasteiger partial charge >= 0.3 is 11.9 Å². The first-order valence-electron chi connectivity index (χ1n) is 13.0. The second kappa shape index (κ2) is 17.0. The monoisotopic (exact) mass is 506 g/mol. The number of aliphatic hydroxyl groups is 1. The highest BCUT2D eigenvalue weighted by molar-refractivity contribution is 5.88. The SMILES string of the molecule is CCCCCCCC(F)(F)CCCCCC/C=C/[C@H](C(=O)O)[C@@](O)(CCOC)C(=O)OC(C)(C)C. The molecule has 2 atom stereocenters. The van der Waals surface area contributed by atoms with Gasteiger partial charge in [0.05, 0.1) is 0 Å². The third kappa shape index (κ3) is 15.2. The standard InChI is InChI=1S/C27H48F2O6/c1-6-7-8-12-15-18-26(28,29)19-16-13-10-9-11-14-17-22(23(30)31)27(33,20-21-34-5)24(32)35-25(2,3)4/h14,17,22,33H,6-13,15-16,18-21H2,1-5H3,(H,30,31)/b17-14+/t22-,27+/m1/s1. The van der Waals surface area contributed by atoms with Gasteiger partial charge < -0.3 is 19.7 Å². The first kappa shape index (κ1) is 33.5. The van der Waals surface area contributed by atoms with E-state index in [2.05, 4.69) is 6.92 Å². The van der Waals surface area contributed by atoms with E-state index in [1.54, 1.807) is 26.8 Å². The summed E-state index contributed by atoms with van der Waals surface area (Å²) in [5, 5.41) is 20.7. The number of hydrogen-bond acceptors (Lipinski definition) is 5. The van der Waals surface area contributed by atoms with Crippen molar-refractivity contribution in [2.24, 2.45) is 5.92 Å². The molecule has 0 aliphatic carbocycles. The number of methoxy groups -OCH3 is 1. The first-order chi connectivity index (χ1) is 16.3. The quantitative estimate of drug-likeness (QED) is 0.109. The maximum Gasteiger partial charge on any atom is 0.339 e. The van der Waals surface area contributed by atoms with Gasteiger partial charge in [-0.1, -0.05) is 57.6 Å². The summed E-state index contributed by atoms with van der Waals surface area (Å²) in [5.74, 6) is -6.45. The molecule has 0 fully saturated rings. The molecule has 0 aromatic carbocycles. The number of carboxylic acids is 1. The number of ether oxygens (including phenoxy) is 2. The number of aliphatic carboxylic acids is 1. The number of carboxylic acid groups (broad SMARTS) is 1. The van der Waals surface area contributed by atoms with Crippen molar-refractivity contribution in [2.45, 2.75) is 128 Å². The van der Waals surface area contributed by atoms with Crippen LogP contribution in [0.5, 0.6) is 0 Å². The van der Waals surface area contributed by atoms with E-state index in [1.165, 1.54) is 13.2 Å². The van der Waals surface area contributed by atoms with Crippen LogP contribution in [-0.4, -0.2) is 53.0 Å². The lowest BCUT2D eigenvalue weighted by Crippen LogP contribution is -2.52. The molecule has 0 saturated carbocycles. The molecule has 0 aromatic heterocycles. The number of esters is 1. The second-order valence-corrected chi connectivity index (χ2v) is 10.4. The van der Waals surface area contributed by atoms with Crippen LogP contribution in [0.25, 0.3) is 0 Å². The number of halogens is 2. The molecular weight excluding hydrogens is 458 g/mol. The zero-order chi connectivity index (χ0) is 27.0. The smallest absolute Gasteiger partial charge is 0.339 e. The van der Waals surface area contributed by atoms with E-state index < -0.39 is 35.0 Å². The number of alkyl halides is 2. The second-order valence-electron chi connectivity index (χ2n) is 10.4.